The van der Waals surface area contributed by atoms with Crippen molar-refractivity contribution < 1.29 is 4.43 Å². The smallest absolute Gasteiger partial charge is 0.246 e. The Bertz CT molecular complexity index is 281. The van der Waals surface area contributed by atoms with E-state index in [-0.39, 0.29) is 0 Å². The van der Waals surface area contributed by atoms with Crippen molar-refractivity contribution in [2.24, 2.45) is 0 Å². The highest BCUT2D eigenvalue weighted by Crippen LogP contribution is 2.16. The minimum atomic E-state index is 0.516. The third-order valence-electron chi connectivity index (χ3n) is 1.77. The van der Waals surface area contributed by atoms with Gasteiger partial charge in [-0.1, -0.05) is 30.8 Å². The molecule has 0 aromatic heterocycles. The number of hydrogen-bond donors (Lipinski definition) is 0. The van der Waals surface area contributed by atoms with Gasteiger partial charge < -0.3 is 4.43 Å². The van der Waals surface area contributed by atoms with Crippen molar-refractivity contribution in [1.29, 1.82) is 0 Å². The molecular weight excluding hydrogens is 164 g/mol. The maximum Gasteiger partial charge on any atom is 0.246 e. The minimum Gasteiger partial charge on any atom is -0.414 e. The molecule has 0 unspecified atom stereocenters. The molecule has 0 aliphatic heterocycles. The van der Waals surface area contributed by atoms with Crippen molar-refractivity contribution >= 4 is 16.1 Å². The zero-order valence-electron chi connectivity index (χ0n) is 7.13. The van der Waals surface area contributed by atoms with Crippen LogP contribution < -0.4 is 0 Å². The van der Waals surface area contributed by atoms with E-state index in [9.17, 15) is 0 Å². The molecule has 0 saturated heterocycles. The summed E-state index contributed by atoms with van der Waals surface area (Å²) in [7, 11) is 2.96. The second-order valence-corrected chi connectivity index (χ2v) is 3.00. The van der Waals surface area contributed by atoms with Crippen molar-refractivity contribution in [3.05, 3.63) is 42.0 Å². The van der Waals surface area contributed by atoms with Crippen LogP contribution in [0.3, 0.4) is 0 Å². The van der Waals surface area contributed by atoms with E-state index in [4.69, 9.17) is 4.43 Å². The van der Waals surface area contributed by atoms with Crippen LogP contribution in [-0.2, 0) is 4.43 Å². The highest BCUT2D eigenvalue weighted by Gasteiger charge is 1.99. The molecule has 1 aromatic carbocycles. The van der Waals surface area contributed by atoms with E-state index < -0.39 is 0 Å². The molecule has 0 bridgehead atoms. The second-order valence-electron chi connectivity index (χ2n) is 2.71. The molecule has 0 aliphatic rings. The number of benzene rings is 1. The second kappa shape index (κ2) is 4.23. The summed E-state index contributed by atoms with van der Waals surface area (Å²) in [6.07, 6.45) is 0. The Morgan fingerprint density at radius 3 is 2.75 bits per heavy atom. The first-order chi connectivity index (χ1) is 5.75. The first-order valence-corrected chi connectivity index (χ1v) is 4.19. The number of hydrogen-bond acceptors (Lipinski definition) is 1. The van der Waals surface area contributed by atoms with E-state index in [0.29, 0.717) is 6.61 Å². The van der Waals surface area contributed by atoms with Gasteiger partial charge in [0.15, 0.2) is 0 Å². The Kier molecular flexibility index (Phi) is 3.26. The summed E-state index contributed by atoms with van der Waals surface area (Å²) in [6, 6.07) is 8.12. The summed E-state index contributed by atoms with van der Waals surface area (Å²) in [5.74, 6) is 0. The fraction of sp³-hybridized carbons (Fsp3) is 0.200. The summed E-state index contributed by atoms with van der Waals surface area (Å²) < 4.78 is 4.82. The lowest BCUT2D eigenvalue weighted by atomic mass is 10.0. The summed E-state index contributed by atoms with van der Waals surface area (Å²) in [6.45, 7) is 6.50. The molecule has 0 N–H and O–H groups in total. The van der Waals surface area contributed by atoms with Gasteiger partial charge in [0, 0.05) is 0 Å². The summed E-state index contributed by atoms with van der Waals surface area (Å²) in [5, 5.41) is 0. The van der Waals surface area contributed by atoms with Gasteiger partial charge in [-0.2, -0.15) is 0 Å². The molecule has 0 saturated carbocycles. The SMILES string of the molecule is C=C(CO[Si])c1ccccc1C. The lowest BCUT2D eigenvalue weighted by Crippen LogP contribution is -1.95. The molecule has 1 aromatic rings. The Hall–Kier alpha value is -0.863. The molecule has 2 heteroatoms. The van der Waals surface area contributed by atoms with Crippen LogP contribution in [0.4, 0.5) is 0 Å². The first kappa shape index (κ1) is 9.23. The Balaban J connectivity index is 2.87. The zero-order chi connectivity index (χ0) is 8.97. The van der Waals surface area contributed by atoms with E-state index in [2.05, 4.69) is 30.1 Å². The van der Waals surface area contributed by atoms with Gasteiger partial charge >= 0.3 is 0 Å². The average Bonchev–Trinajstić information content (AvgIpc) is 2.05. The van der Waals surface area contributed by atoms with E-state index in [1.165, 1.54) is 5.56 Å². The van der Waals surface area contributed by atoms with E-state index in [1.807, 2.05) is 18.2 Å². The highest BCUT2D eigenvalue weighted by molar-refractivity contribution is 5.98. The molecule has 1 rings (SSSR count). The Morgan fingerprint density at radius 2 is 2.17 bits per heavy atom. The van der Waals surface area contributed by atoms with Gasteiger partial charge in [-0.05, 0) is 23.6 Å². The molecular formula is C10H11OSi. The Labute approximate surface area is 76.6 Å². The van der Waals surface area contributed by atoms with Crippen LogP contribution in [0.5, 0.6) is 0 Å². The summed E-state index contributed by atoms with van der Waals surface area (Å²) in [4.78, 5) is 0. The lowest BCUT2D eigenvalue weighted by molar-refractivity contribution is 0.409. The van der Waals surface area contributed by atoms with Crippen LogP contribution in [0.1, 0.15) is 11.1 Å². The summed E-state index contributed by atoms with van der Waals surface area (Å²) in [5.41, 5.74) is 3.38. The molecule has 0 fully saturated rings. The van der Waals surface area contributed by atoms with Crippen LogP contribution >= 0.6 is 0 Å². The van der Waals surface area contributed by atoms with Gasteiger partial charge in [-0.15, -0.1) is 0 Å². The van der Waals surface area contributed by atoms with Gasteiger partial charge in [0.25, 0.3) is 0 Å². The van der Waals surface area contributed by atoms with Crippen LogP contribution in [-0.4, -0.2) is 17.1 Å². The van der Waals surface area contributed by atoms with Crippen molar-refractivity contribution in [2.45, 2.75) is 6.92 Å². The average molecular weight is 175 g/mol. The Morgan fingerprint density at radius 1 is 1.50 bits per heavy atom. The molecule has 12 heavy (non-hydrogen) atoms. The van der Waals surface area contributed by atoms with Crippen molar-refractivity contribution in [3.8, 4) is 0 Å². The predicted molar refractivity (Wildman–Crippen MR) is 51.9 cm³/mol. The van der Waals surface area contributed by atoms with Crippen molar-refractivity contribution in [3.63, 3.8) is 0 Å². The fourth-order valence-corrected chi connectivity index (χ4v) is 1.31. The van der Waals surface area contributed by atoms with Crippen LogP contribution in [0, 0.1) is 6.92 Å². The standard InChI is InChI=1S/C10H11OSi/c1-8-5-3-4-6-10(8)9(2)7-11-12/h3-6H,2,7H2,1H3. The van der Waals surface area contributed by atoms with Gasteiger partial charge in [-0.25, -0.2) is 0 Å². The van der Waals surface area contributed by atoms with Crippen LogP contribution in [0.2, 0.25) is 0 Å². The molecule has 0 atom stereocenters. The van der Waals surface area contributed by atoms with Crippen molar-refractivity contribution in [1.82, 2.24) is 0 Å². The monoisotopic (exact) mass is 175 g/mol. The third-order valence-corrected chi connectivity index (χ3v) is 1.92. The van der Waals surface area contributed by atoms with Crippen molar-refractivity contribution in [2.75, 3.05) is 6.61 Å². The van der Waals surface area contributed by atoms with Gasteiger partial charge in [0.1, 0.15) is 0 Å². The normalized spacial score (nSPS) is 9.83. The quantitative estimate of drug-likeness (QED) is 0.639. The van der Waals surface area contributed by atoms with E-state index in [1.54, 1.807) is 0 Å². The van der Waals surface area contributed by atoms with Gasteiger partial charge in [0.2, 0.25) is 10.5 Å². The molecule has 1 nitrogen and oxygen atoms in total. The third kappa shape index (κ3) is 2.06. The van der Waals surface area contributed by atoms with E-state index >= 15 is 0 Å². The molecule has 0 heterocycles. The largest absolute Gasteiger partial charge is 0.414 e. The van der Waals surface area contributed by atoms with Gasteiger partial charge in [0.05, 0.1) is 6.61 Å². The molecule has 61 valence electrons. The highest BCUT2D eigenvalue weighted by atomic mass is 28.2. The zero-order valence-corrected chi connectivity index (χ0v) is 8.13. The van der Waals surface area contributed by atoms with Gasteiger partial charge in [-0.3, -0.25) is 0 Å². The molecule has 0 amide bonds. The molecule has 0 spiro atoms. The lowest BCUT2D eigenvalue weighted by Gasteiger charge is -2.07. The van der Waals surface area contributed by atoms with Crippen LogP contribution in [0.15, 0.2) is 30.8 Å². The molecule has 0 aliphatic carbocycles. The summed E-state index contributed by atoms with van der Waals surface area (Å²) >= 11 is 0. The fourth-order valence-electron chi connectivity index (χ4n) is 1.13. The maximum atomic E-state index is 4.82. The minimum absolute atomic E-state index is 0.516. The molecule has 3 radical (unpaired) electrons. The van der Waals surface area contributed by atoms with Crippen LogP contribution in [0.25, 0.3) is 5.57 Å². The number of rotatable bonds is 3. The van der Waals surface area contributed by atoms with E-state index in [0.717, 1.165) is 11.1 Å². The predicted octanol–water partition coefficient (Wildman–Crippen LogP) is 2.11. The first-order valence-electron chi connectivity index (χ1n) is 3.78. The topological polar surface area (TPSA) is 9.23 Å². The number of aryl methyl sites for hydroxylation is 1. The maximum absolute atomic E-state index is 4.82.